The largest absolute Gasteiger partial charge is 0.453 e. The fourth-order valence-electron chi connectivity index (χ4n) is 2.99. The molecule has 1 heterocycles. The summed E-state index contributed by atoms with van der Waals surface area (Å²) in [4.78, 5) is 13.6. The highest BCUT2D eigenvalue weighted by Gasteiger charge is 2.15. The van der Waals surface area contributed by atoms with Crippen LogP contribution in [0.15, 0.2) is 48.5 Å². The van der Waals surface area contributed by atoms with Gasteiger partial charge in [0.25, 0.3) is 0 Å². The lowest BCUT2D eigenvalue weighted by molar-refractivity contribution is 0.187. The van der Waals surface area contributed by atoms with Crippen molar-refractivity contribution in [2.75, 3.05) is 35.7 Å². The molecule has 1 saturated heterocycles. The lowest BCUT2D eigenvalue weighted by Crippen LogP contribution is -2.32. The predicted octanol–water partition coefficient (Wildman–Crippen LogP) is 4.84. The number of methoxy groups -OCH3 is 1. The highest BCUT2D eigenvalue weighted by molar-refractivity contribution is 5.84. The van der Waals surface area contributed by atoms with E-state index >= 15 is 0 Å². The fraction of sp³-hybridized carbons (Fsp3) is 0.350. The first-order chi connectivity index (χ1) is 12.1. The normalized spacial score (nSPS) is 14.9. The number of hydrogen-bond donors (Lipinski definition) is 2. The average molecular weight is 339 g/mol. The van der Waals surface area contributed by atoms with Crippen LogP contribution < -0.4 is 15.5 Å². The zero-order valence-electron chi connectivity index (χ0n) is 14.8. The number of piperidine rings is 1. The van der Waals surface area contributed by atoms with E-state index in [0.29, 0.717) is 5.69 Å². The molecule has 0 aliphatic carbocycles. The minimum atomic E-state index is -0.469. The lowest BCUT2D eigenvalue weighted by atomic mass is 9.99. The maximum Gasteiger partial charge on any atom is 0.411 e. The number of carbonyl (C=O) groups is 1. The van der Waals surface area contributed by atoms with Crippen LogP contribution in [0.5, 0.6) is 0 Å². The topological polar surface area (TPSA) is 53.6 Å². The van der Waals surface area contributed by atoms with Gasteiger partial charge in [-0.05, 0) is 67.3 Å². The highest BCUT2D eigenvalue weighted by Crippen LogP contribution is 2.25. The van der Waals surface area contributed by atoms with E-state index in [1.54, 1.807) is 0 Å². The molecule has 0 bridgehead atoms. The van der Waals surface area contributed by atoms with Crippen molar-refractivity contribution in [3.05, 3.63) is 48.5 Å². The Labute approximate surface area is 149 Å². The maximum atomic E-state index is 11.2. The number of nitrogens with one attached hydrogen (secondary N) is 2. The van der Waals surface area contributed by atoms with E-state index in [4.69, 9.17) is 0 Å². The van der Waals surface area contributed by atoms with Crippen LogP contribution in [-0.2, 0) is 4.74 Å². The third kappa shape index (κ3) is 4.66. The van der Waals surface area contributed by atoms with Crippen LogP contribution >= 0.6 is 0 Å². The third-order valence-electron chi connectivity index (χ3n) is 4.62. The van der Waals surface area contributed by atoms with Gasteiger partial charge in [0, 0.05) is 35.8 Å². The molecule has 2 N–H and O–H groups in total. The van der Waals surface area contributed by atoms with Crippen molar-refractivity contribution in [3.63, 3.8) is 0 Å². The summed E-state index contributed by atoms with van der Waals surface area (Å²) in [5.41, 5.74) is 4.00. The summed E-state index contributed by atoms with van der Waals surface area (Å²) in [5, 5.41) is 6.01. The molecule has 0 radical (unpaired) electrons. The van der Waals surface area contributed by atoms with Crippen molar-refractivity contribution >= 4 is 28.8 Å². The molecule has 1 aliphatic heterocycles. The molecule has 5 nitrogen and oxygen atoms in total. The molecule has 2 aromatic carbocycles. The van der Waals surface area contributed by atoms with Crippen molar-refractivity contribution in [1.82, 2.24) is 0 Å². The van der Waals surface area contributed by atoms with Gasteiger partial charge in [0.05, 0.1) is 7.11 Å². The monoisotopic (exact) mass is 339 g/mol. The van der Waals surface area contributed by atoms with Crippen LogP contribution in [-0.4, -0.2) is 26.3 Å². The summed E-state index contributed by atoms with van der Waals surface area (Å²) in [6.07, 6.45) is 2.07. The first-order valence-electron chi connectivity index (χ1n) is 8.71. The number of benzene rings is 2. The van der Waals surface area contributed by atoms with E-state index in [1.807, 2.05) is 24.3 Å². The smallest absolute Gasteiger partial charge is 0.411 e. The van der Waals surface area contributed by atoms with Crippen LogP contribution in [0.3, 0.4) is 0 Å². The van der Waals surface area contributed by atoms with Crippen LogP contribution in [0, 0.1) is 5.92 Å². The molecule has 0 atom stereocenters. The van der Waals surface area contributed by atoms with E-state index in [1.165, 1.54) is 25.6 Å². The van der Waals surface area contributed by atoms with Gasteiger partial charge in [0.2, 0.25) is 0 Å². The first-order valence-corrected chi connectivity index (χ1v) is 8.71. The number of carbonyl (C=O) groups excluding carboxylic acids is 1. The van der Waals surface area contributed by atoms with Crippen LogP contribution in [0.25, 0.3) is 0 Å². The quantitative estimate of drug-likeness (QED) is 0.836. The second-order valence-corrected chi connectivity index (χ2v) is 6.54. The number of ether oxygens (including phenoxy) is 1. The van der Waals surface area contributed by atoms with Crippen molar-refractivity contribution < 1.29 is 9.53 Å². The minimum absolute atomic E-state index is 0.469. The van der Waals surface area contributed by atoms with Gasteiger partial charge in [0.15, 0.2) is 0 Å². The molecule has 0 saturated carbocycles. The Bertz CT molecular complexity index is 690. The Morgan fingerprint density at radius 3 is 2.04 bits per heavy atom. The zero-order valence-corrected chi connectivity index (χ0v) is 14.8. The third-order valence-corrected chi connectivity index (χ3v) is 4.62. The number of nitrogens with zero attached hydrogens (tertiary/aromatic N) is 1. The van der Waals surface area contributed by atoms with Crippen molar-refractivity contribution in [3.8, 4) is 0 Å². The predicted molar refractivity (Wildman–Crippen MR) is 103 cm³/mol. The van der Waals surface area contributed by atoms with Gasteiger partial charge in [-0.3, -0.25) is 5.32 Å². The van der Waals surface area contributed by atoms with Crippen molar-refractivity contribution in [2.45, 2.75) is 19.8 Å². The van der Waals surface area contributed by atoms with Gasteiger partial charge in [-0.25, -0.2) is 4.79 Å². The van der Waals surface area contributed by atoms with Crippen molar-refractivity contribution in [1.29, 1.82) is 0 Å². The van der Waals surface area contributed by atoms with Crippen LogP contribution in [0.1, 0.15) is 19.8 Å². The van der Waals surface area contributed by atoms with Gasteiger partial charge < -0.3 is 15.0 Å². The Morgan fingerprint density at radius 1 is 0.960 bits per heavy atom. The Hall–Kier alpha value is -2.69. The summed E-state index contributed by atoms with van der Waals surface area (Å²) in [5.74, 6) is 0.842. The van der Waals surface area contributed by atoms with E-state index in [0.717, 1.165) is 30.4 Å². The summed E-state index contributed by atoms with van der Waals surface area (Å²) >= 11 is 0. The number of anilines is 4. The summed E-state index contributed by atoms with van der Waals surface area (Å²) in [6, 6.07) is 16.1. The molecule has 0 unspecified atom stereocenters. The fourth-order valence-corrected chi connectivity index (χ4v) is 2.99. The van der Waals surface area contributed by atoms with Gasteiger partial charge in [-0.15, -0.1) is 0 Å². The number of amides is 1. The average Bonchev–Trinajstić information content (AvgIpc) is 2.64. The second-order valence-electron chi connectivity index (χ2n) is 6.54. The standard InChI is InChI=1S/C20H25N3O2/c1-15-11-13-23(14-12-15)19-9-7-17(8-10-19)21-16-3-5-18(6-4-16)22-20(24)25-2/h3-10,15,21H,11-14H2,1-2H3,(H,22,24). The molecule has 132 valence electrons. The van der Waals surface area contributed by atoms with Gasteiger partial charge in [-0.2, -0.15) is 0 Å². The minimum Gasteiger partial charge on any atom is -0.453 e. The molecule has 0 aromatic heterocycles. The van der Waals surface area contributed by atoms with Gasteiger partial charge in [0.1, 0.15) is 0 Å². The molecule has 25 heavy (non-hydrogen) atoms. The van der Waals surface area contributed by atoms with E-state index in [-0.39, 0.29) is 0 Å². The SMILES string of the molecule is COC(=O)Nc1ccc(Nc2ccc(N3CCC(C)CC3)cc2)cc1. The maximum absolute atomic E-state index is 11.2. The Morgan fingerprint density at radius 2 is 1.48 bits per heavy atom. The Kier molecular flexibility index (Phi) is 5.43. The van der Waals surface area contributed by atoms with E-state index < -0.39 is 6.09 Å². The number of rotatable bonds is 4. The highest BCUT2D eigenvalue weighted by atomic mass is 16.5. The summed E-state index contributed by atoms with van der Waals surface area (Å²) < 4.78 is 4.58. The van der Waals surface area contributed by atoms with Crippen molar-refractivity contribution in [2.24, 2.45) is 5.92 Å². The van der Waals surface area contributed by atoms with Crippen LogP contribution in [0.4, 0.5) is 27.5 Å². The Balaban J connectivity index is 1.58. The molecule has 1 aliphatic rings. The molecule has 3 rings (SSSR count). The van der Waals surface area contributed by atoms with E-state index in [9.17, 15) is 4.79 Å². The molecule has 2 aromatic rings. The molecule has 1 amide bonds. The molecular weight excluding hydrogens is 314 g/mol. The molecule has 5 heteroatoms. The molecular formula is C20H25N3O2. The van der Waals surface area contributed by atoms with Crippen LogP contribution in [0.2, 0.25) is 0 Å². The van der Waals surface area contributed by atoms with Gasteiger partial charge in [-0.1, -0.05) is 6.92 Å². The van der Waals surface area contributed by atoms with E-state index in [2.05, 4.69) is 51.5 Å². The summed E-state index contributed by atoms with van der Waals surface area (Å²) in [7, 11) is 1.35. The molecule has 0 spiro atoms. The van der Waals surface area contributed by atoms with Gasteiger partial charge >= 0.3 is 6.09 Å². The summed E-state index contributed by atoms with van der Waals surface area (Å²) in [6.45, 7) is 4.61. The second kappa shape index (κ2) is 7.92. The lowest BCUT2D eigenvalue weighted by Gasteiger charge is -2.32. The first kappa shape index (κ1) is 17.1. The zero-order chi connectivity index (χ0) is 17.6. The molecule has 1 fully saturated rings. The number of hydrogen-bond acceptors (Lipinski definition) is 4.